The highest BCUT2D eigenvalue weighted by Crippen LogP contribution is 2.32. The lowest BCUT2D eigenvalue weighted by atomic mass is 10.0. The van der Waals surface area contributed by atoms with Crippen LogP contribution < -0.4 is 4.90 Å². The summed E-state index contributed by atoms with van der Waals surface area (Å²) >= 11 is 12.7. The van der Waals surface area contributed by atoms with Crippen LogP contribution in [-0.2, 0) is 0 Å². The second kappa shape index (κ2) is 10.9. The highest BCUT2D eigenvalue weighted by Gasteiger charge is 2.21. The topological polar surface area (TPSA) is 32.3 Å². The van der Waals surface area contributed by atoms with Crippen LogP contribution in [-0.4, -0.2) is 47.6 Å². The first-order valence-corrected chi connectivity index (χ1v) is 11.4. The molecule has 0 spiro atoms. The van der Waals surface area contributed by atoms with E-state index in [0.29, 0.717) is 16.0 Å². The molecule has 0 radical (unpaired) electrons. The monoisotopic (exact) mass is 456 g/mol. The molecular formula is C25H30Cl2N4. The van der Waals surface area contributed by atoms with Crippen LogP contribution in [0, 0.1) is 5.92 Å². The second-order valence-corrected chi connectivity index (χ2v) is 9.03. The maximum Gasteiger partial charge on any atom is 0.225 e. The number of piperazine rings is 1. The quantitative estimate of drug-likeness (QED) is 0.458. The molecule has 2 heterocycles. The summed E-state index contributed by atoms with van der Waals surface area (Å²) in [5, 5.41) is 1.32. The minimum Gasteiger partial charge on any atom is -0.338 e. The summed E-state index contributed by atoms with van der Waals surface area (Å²) in [6.07, 6.45) is 7.26. The van der Waals surface area contributed by atoms with E-state index in [-0.39, 0.29) is 0 Å². The van der Waals surface area contributed by atoms with Crippen molar-refractivity contribution < 1.29 is 0 Å². The van der Waals surface area contributed by atoms with Crippen LogP contribution >= 0.6 is 23.2 Å². The number of benzene rings is 1. The predicted molar refractivity (Wildman–Crippen MR) is 134 cm³/mol. The standard InChI is InChI=1S/C25H30Cl2N4/c1-5-6-7-23(27)19(4)24-22(20-8-10-21(26)11-9-20)16-28-25(29-24)31-14-12-30(13-15-31)17-18(2)3/h5-11,16,18H,1,12-15,17H2,2-4H3/b7-6-,23-19-. The van der Waals surface area contributed by atoms with Crippen LogP contribution in [0.5, 0.6) is 0 Å². The lowest BCUT2D eigenvalue weighted by molar-refractivity contribution is 0.230. The van der Waals surface area contributed by atoms with Gasteiger partial charge in [0, 0.05) is 54.5 Å². The summed E-state index contributed by atoms with van der Waals surface area (Å²) in [4.78, 5) is 14.4. The molecule has 6 heteroatoms. The van der Waals surface area contributed by atoms with Crippen molar-refractivity contribution in [1.29, 1.82) is 0 Å². The molecule has 0 atom stereocenters. The lowest BCUT2D eigenvalue weighted by Gasteiger charge is -2.35. The van der Waals surface area contributed by atoms with E-state index < -0.39 is 0 Å². The molecule has 0 bridgehead atoms. The van der Waals surface area contributed by atoms with E-state index >= 15 is 0 Å². The number of halogens is 2. The zero-order valence-corrected chi connectivity index (χ0v) is 20.0. The molecule has 0 amide bonds. The fourth-order valence-electron chi connectivity index (χ4n) is 3.69. The van der Waals surface area contributed by atoms with E-state index in [4.69, 9.17) is 33.2 Å². The fraction of sp³-hybridized carbons (Fsp3) is 0.360. The van der Waals surface area contributed by atoms with Gasteiger partial charge in [0.05, 0.1) is 5.69 Å². The highest BCUT2D eigenvalue weighted by molar-refractivity contribution is 6.34. The van der Waals surface area contributed by atoms with Gasteiger partial charge in [0.1, 0.15) is 0 Å². The summed E-state index contributed by atoms with van der Waals surface area (Å²) < 4.78 is 0. The maximum atomic E-state index is 6.58. The first-order chi connectivity index (χ1) is 14.9. The first-order valence-electron chi connectivity index (χ1n) is 10.6. The zero-order chi connectivity index (χ0) is 22.4. The van der Waals surface area contributed by atoms with Gasteiger partial charge in [-0.1, -0.05) is 67.9 Å². The number of nitrogens with zero attached hydrogens (tertiary/aromatic N) is 4. The van der Waals surface area contributed by atoms with Gasteiger partial charge in [-0.05, 0) is 42.2 Å². The minimum absolute atomic E-state index is 0.626. The molecule has 1 aromatic heterocycles. The van der Waals surface area contributed by atoms with Gasteiger partial charge in [-0.15, -0.1) is 0 Å². The van der Waals surface area contributed by atoms with Gasteiger partial charge in [-0.3, -0.25) is 4.90 Å². The third-order valence-electron chi connectivity index (χ3n) is 5.30. The van der Waals surface area contributed by atoms with E-state index in [9.17, 15) is 0 Å². The van der Waals surface area contributed by atoms with Gasteiger partial charge in [-0.2, -0.15) is 0 Å². The molecule has 0 saturated carbocycles. The summed E-state index contributed by atoms with van der Waals surface area (Å²) in [7, 11) is 0. The average molecular weight is 457 g/mol. The molecule has 1 aliphatic rings. The van der Waals surface area contributed by atoms with Gasteiger partial charge in [0.25, 0.3) is 0 Å². The molecule has 1 aromatic carbocycles. The molecule has 3 rings (SSSR count). The van der Waals surface area contributed by atoms with Crippen molar-refractivity contribution in [3.63, 3.8) is 0 Å². The Hall–Kier alpha value is -2.14. The molecule has 0 aliphatic carbocycles. The molecule has 2 aromatic rings. The summed E-state index contributed by atoms with van der Waals surface area (Å²) in [5.74, 6) is 1.42. The first kappa shape index (κ1) is 23.5. The normalized spacial score (nSPS) is 16.1. The maximum absolute atomic E-state index is 6.58. The Morgan fingerprint density at radius 1 is 1.16 bits per heavy atom. The Labute approximate surface area is 195 Å². The van der Waals surface area contributed by atoms with Gasteiger partial charge >= 0.3 is 0 Å². The minimum atomic E-state index is 0.626. The molecule has 1 fully saturated rings. The number of hydrogen-bond acceptors (Lipinski definition) is 4. The molecule has 0 N–H and O–H groups in total. The number of rotatable bonds is 7. The Balaban J connectivity index is 1.96. The molecule has 1 aliphatic heterocycles. The third kappa shape index (κ3) is 6.19. The van der Waals surface area contributed by atoms with Crippen LogP contribution in [0.3, 0.4) is 0 Å². The Morgan fingerprint density at radius 2 is 1.84 bits per heavy atom. The molecule has 164 valence electrons. The van der Waals surface area contributed by atoms with Crippen LogP contribution in [0.4, 0.5) is 5.95 Å². The third-order valence-corrected chi connectivity index (χ3v) is 5.96. The average Bonchev–Trinajstić information content (AvgIpc) is 2.77. The van der Waals surface area contributed by atoms with Crippen molar-refractivity contribution in [2.45, 2.75) is 20.8 Å². The highest BCUT2D eigenvalue weighted by atomic mass is 35.5. The molecule has 31 heavy (non-hydrogen) atoms. The molecule has 1 saturated heterocycles. The van der Waals surface area contributed by atoms with Gasteiger partial charge in [0.2, 0.25) is 5.95 Å². The van der Waals surface area contributed by atoms with Crippen molar-refractivity contribution in [2.75, 3.05) is 37.6 Å². The molecule has 4 nitrogen and oxygen atoms in total. The van der Waals surface area contributed by atoms with Crippen molar-refractivity contribution in [3.8, 4) is 11.1 Å². The number of hydrogen-bond donors (Lipinski definition) is 0. The molecule has 0 unspecified atom stereocenters. The summed E-state index contributed by atoms with van der Waals surface area (Å²) in [6, 6.07) is 7.72. The number of anilines is 1. The summed E-state index contributed by atoms with van der Waals surface area (Å²) in [5.41, 5.74) is 3.66. The zero-order valence-electron chi connectivity index (χ0n) is 18.5. The van der Waals surface area contributed by atoms with Crippen molar-refractivity contribution in [2.24, 2.45) is 5.92 Å². The smallest absolute Gasteiger partial charge is 0.225 e. The second-order valence-electron chi connectivity index (χ2n) is 8.19. The largest absolute Gasteiger partial charge is 0.338 e. The number of aromatic nitrogens is 2. The van der Waals surface area contributed by atoms with Crippen molar-refractivity contribution in [3.05, 3.63) is 71.0 Å². The summed E-state index contributed by atoms with van der Waals surface area (Å²) in [6.45, 7) is 15.2. The van der Waals surface area contributed by atoms with Crippen molar-refractivity contribution in [1.82, 2.24) is 14.9 Å². The van der Waals surface area contributed by atoms with E-state index in [1.54, 1.807) is 6.08 Å². The Morgan fingerprint density at radius 3 is 2.45 bits per heavy atom. The fourth-order valence-corrected chi connectivity index (χ4v) is 3.98. The van der Waals surface area contributed by atoms with E-state index in [1.165, 1.54) is 0 Å². The molecular weight excluding hydrogens is 427 g/mol. The van der Waals surface area contributed by atoms with Crippen LogP contribution in [0.15, 0.2) is 60.3 Å². The SMILES string of the molecule is C=C/C=C\C(Cl)=C(/C)c1nc(N2CCN(CC(C)C)CC2)ncc1-c1ccc(Cl)cc1. The predicted octanol–water partition coefficient (Wildman–Crippen LogP) is 6.29. The van der Waals surface area contributed by atoms with E-state index in [1.807, 2.05) is 49.5 Å². The lowest BCUT2D eigenvalue weighted by Crippen LogP contribution is -2.48. The number of allylic oxidation sites excluding steroid dienone is 5. The van der Waals surface area contributed by atoms with Gasteiger partial charge in [0.15, 0.2) is 0 Å². The van der Waals surface area contributed by atoms with Crippen LogP contribution in [0.2, 0.25) is 5.02 Å². The van der Waals surface area contributed by atoms with Gasteiger partial charge < -0.3 is 4.90 Å². The van der Waals surface area contributed by atoms with E-state index in [2.05, 4.69) is 30.2 Å². The van der Waals surface area contributed by atoms with Crippen LogP contribution in [0.25, 0.3) is 16.7 Å². The van der Waals surface area contributed by atoms with Gasteiger partial charge in [-0.25, -0.2) is 9.97 Å². The van der Waals surface area contributed by atoms with Crippen molar-refractivity contribution >= 4 is 34.7 Å². The van der Waals surface area contributed by atoms with E-state index in [0.717, 1.165) is 61.1 Å². The Kier molecular flexibility index (Phi) is 8.30. The van der Waals surface area contributed by atoms with Crippen LogP contribution in [0.1, 0.15) is 26.5 Å². The Bertz CT molecular complexity index is 956.